The predicted octanol–water partition coefficient (Wildman–Crippen LogP) is 3.45. The smallest absolute Gasteiger partial charge is 0.407 e. The van der Waals surface area contributed by atoms with Gasteiger partial charge in [0.15, 0.2) is 0 Å². The van der Waals surface area contributed by atoms with Gasteiger partial charge in [0.25, 0.3) is 5.69 Å². The zero-order valence-electron chi connectivity index (χ0n) is 14.3. The molecule has 8 nitrogen and oxygen atoms in total. The third kappa shape index (κ3) is 3.77. The molecule has 1 aromatic carbocycles. The van der Waals surface area contributed by atoms with Crippen molar-refractivity contribution in [3.05, 3.63) is 33.9 Å². The number of nitro groups is 1. The van der Waals surface area contributed by atoms with Crippen molar-refractivity contribution < 1.29 is 24.4 Å². The van der Waals surface area contributed by atoms with Crippen molar-refractivity contribution in [2.24, 2.45) is 5.92 Å². The Balaban J connectivity index is 2.04. The molecule has 140 valence electrons. The van der Waals surface area contributed by atoms with E-state index in [0.29, 0.717) is 17.2 Å². The molecular formula is C17H20N2O6S. The molecule has 2 unspecified atom stereocenters. The average molecular weight is 380 g/mol. The van der Waals surface area contributed by atoms with Crippen molar-refractivity contribution in [3.63, 3.8) is 0 Å². The van der Waals surface area contributed by atoms with Gasteiger partial charge in [-0.15, -0.1) is 11.8 Å². The molecule has 0 bridgehead atoms. The number of nitro benzene ring substituents is 1. The summed E-state index contributed by atoms with van der Waals surface area (Å²) in [6.45, 7) is 2.09. The minimum Gasteiger partial charge on any atom is -0.466 e. The molecule has 1 saturated heterocycles. The fourth-order valence-electron chi connectivity index (χ4n) is 3.24. The van der Waals surface area contributed by atoms with Crippen LogP contribution < -0.4 is 0 Å². The normalized spacial score (nSPS) is 22.3. The summed E-state index contributed by atoms with van der Waals surface area (Å²) >= 11 is 1.59. The van der Waals surface area contributed by atoms with Crippen molar-refractivity contribution in [2.45, 2.75) is 42.4 Å². The van der Waals surface area contributed by atoms with Crippen LogP contribution in [-0.4, -0.2) is 45.4 Å². The van der Waals surface area contributed by atoms with Crippen molar-refractivity contribution in [1.29, 1.82) is 0 Å². The lowest BCUT2D eigenvalue weighted by Gasteiger charge is -2.27. The molecule has 0 spiro atoms. The lowest BCUT2D eigenvalue weighted by Crippen LogP contribution is -2.33. The second-order valence-corrected chi connectivity index (χ2v) is 7.71. The van der Waals surface area contributed by atoms with Gasteiger partial charge >= 0.3 is 12.1 Å². The van der Waals surface area contributed by atoms with Gasteiger partial charge in [-0.2, -0.15) is 0 Å². The van der Waals surface area contributed by atoms with Gasteiger partial charge in [-0.3, -0.25) is 14.9 Å². The Morgan fingerprint density at radius 1 is 1.38 bits per heavy atom. The quantitative estimate of drug-likeness (QED) is 0.457. The number of ether oxygens (including phenoxy) is 1. The Kier molecular flexibility index (Phi) is 5.36. The maximum Gasteiger partial charge on any atom is 0.407 e. The molecule has 9 heteroatoms. The van der Waals surface area contributed by atoms with Crippen LogP contribution in [0.5, 0.6) is 0 Å². The number of hydrogen-bond acceptors (Lipinski definition) is 6. The lowest BCUT2D eigenvalue weighted by atomic mass is 9.93. The van der Waals surface area contributed by atoms with Gasteiger partial charge in [-0.05, 0) is 37.8 Å². The zero-order valence-corrected chi connectivity index (χ0v) is 15.1. The fraction of sp³-hybridized carbons (Fsp3) is 0.529. The van der Waals surface area contributed by atoms with Gasteiger partial charge in [-0.25, -0.2) is 4.79 Å². The van der Waals surface area contributed by atoms with Gasteiger partial charge in [0.05, 0.1) is 23.5 Å². The van der Waals surface area contributed by atoms with Crippen LogP contribution >= 0.6 is 11.8 Å². The molecule has 26 heavy (non-hydrogen) atoms. The molecule has 1 aliphatic carbocycles. The van der Waals surface area contributed by atoms with Crippen LogP contribution in [0, 0.1) is 16.0 Å². The number of carbonyl (C=O) groups is 2. The van der Waals surface area contributed by atoms with Gasteiger partial charge in [0.1, 0.15) is 0 Å². The number of carbonyl (C=O) groups excluding carboxylic acids is 1. The van der Waals surface area contributed by atoms with Gasteiger partial charge in [-0.1, -0.05) is 0 Å². The zero-order chi connectivity index (χ0) is 18.8. The van der Waals surface area contributed by atoms with E-state index in [1.807, 2.05) is 0 Å². The molecule has 1 amide bonds. The number of amides is 1. The van der Waals surface area contributed by atoms with E-state index in [-0.39, 0.29) is 18.8 Å². The van der Waals surface area contributed by atoms with Crippen molar-refractivity contribution >= 4 is 29.5 Å². The highest BCUT2D eigenvalue weighted by Gasteiger charge is 2.44. The number of rotatable bonds is 6. The SMILES string of the molecule is CCOC(=O)C1CCN(C(=O)O)C1c1cc([N+](=O)[O-])ccc1SC1CC1. The Hall–Kier alpha value is -2.29. The number of likely N-dealkylation sites (tertiary alicyclic amines) is 1. The molecule has 0 aromatic heterocycles. The monoisotopic (exact) mass is 380 g/mol. The van der Waals surface area contributed by atoms with E-state index >= 15 is 0 Å². The molecule has 2 fully saturated rings. The van der Waals surface area contributed by atoms with Gasteiger partial charge < -0.3 is 14.7 Å². The summed E-state index contributed by atoms with van der Waals surface area (Å²) in [5, 5.41) is 21.2. The van der Waals surface area contributed by atoms with Gasteiger partial charge in [0.2, 0.25) is 0 Å². The molecule has 1 N–H and O–H groups in total. The molecular weight excluding hydrogens is 360 g/mol. The maximum atomic E-state index is 12.4. The first kappa shape index (κ1) is 18.5. The highest BCUT2D eigenvalue weighted by molar-refractivity contribution is 8.00. The maximum absolute atomic E-state index is 12.4. The van der Waals surface area contributed by atoms with Crippen molar-refractivity contribution in [1.82, 2.24) is 4.90 Å². The van der Waals surface area contributed by atoms with Crippen LogP contribution in [0.2, 0.25) is 0 Å². The summed E-state index contributed by atoms with van der Waals surface area (Å²) in [4.78, 5) is 36.8. The van der Waals surface area contributed by atoms with Crippen molar-refractivity contribution in [3.8, 4) is 0 Å². The number of nitrogens with zero attached hydrogens (tertiary/aromatic N) is 2. The molecule has 0 radical (unpaired) electrons. The summed E-state index contributed by atoms with van der Waals surface area (Å²) in [6, 6.07) is 3.72. The number of carboxylic acid groups (broad SMARTS) is 1. The molecule has 1 saturated carbocycles. The highest BCUT2D eigenvalue weighted by Crippen LogP contribution is 2.47. The van der Waals surface area contributed by atoms with Gasteiger partial charge in [0, 0.05) is 28.8 Å². The van der Waals surface area contributed by atoms with E-state index in [4.69, 9.17) is 4.74 Å². The first-order chi connectivity index (χ1) is 12.4. The fourth-order valence-corrected chi connectivity index (χ4v) is 4.43. The van der Waals surface area contributed by atoms with Crippen LogP contribution in [0.15, 0.2) is 23.1 Å². The standard InChI is InChI=1S/C17H20N2O6S/c1-2-25-16(20)12-7-8-18(17(21)22)15(12)13-9-10(19(23)24)3-6-14(13)26-11-4-5-11/h3,6,9,11-12,15H,2,4-5,7-8H2,1H3,(H,21,22). The Bertz CT molecular complexity index is 736. The number of thioether (sulfide) groups is 1. The Labute approximate surface area is 154 Å². The minimum atomic E-state index is -1.14. The van der Waals surface area contributed by atoms with Crippen molar-refractivity contribution in [2.75, 3.05) is 13.2 Å². The van der Waals surface area contributed by atoms with E-state index < -0.39 is 28.9 Å². The molecule has 1 heterocycles. The first-order valence-electron chi connectivity index (χ1n) is 8.53. The molecule has 2 atom stereocenters. The topological polar surface area (TPSA) is 110 Å². The van der Waals surface area contributed by atoms with Crippen LogP contribution in [0.3, 0.4) is 0 Å². The van der Waals surface area contributed by atoms with E-state index in [1.165, 1.54) is 17.0 Å². The van der Waals surface area contributed by atoms with Crippen LogP contribution in [0.4, 0.5) is 10.5 Å². The Morgan fingerprint density at radius 2 is 2.12 bits per heavy atom. The molecule has 1 aliphatic heterocycles. The molecule has 1 aromatic rings. The van der Waals surface area contributed by atoms with Crippen LogP contribution in [0.1, 0.15) is 37.8 Å². The third-order valence-corrected chi connectivity index (χ3v) is 6.00. The summed E-state index contributed by atoms with van der Waals surface area (Å²) in [5.74, 6) is -1.12. The number of esters is 1. The molecule has 2 aliphatic rings. The summed E-state index contributed by atoms with van der Waals surface area (Å²) < 4.78 is 5.12. The van der Waals surface area contributed by atoms with Crippen LogP contribution in [-0.2, 0) is 9.53 Å². The second kappa shape index (κ2) is 7.53. The second-order valence-electron chi connectivity index (χ2n) is 6.36. The lowest BCUT2D eigenvalue weighted by molar-refractivity contribution is -0.385. The molecule has 3 rings (SSSR count). The minimum absolute atomic E-state index is 0.111. The first-order valence-corrected chi connectivity index (χ1v) is 9.41. The number of hydrogen-bond donors (Lipinski definition) is 1. The van der Waals surface area contributed by atoms with Crippen LogP contribution in [0.25, 0.3) is 0 Å². The summed E-state index contributed by atoms with van der Waals surface area (Å²) in [6.07, 6.45) is 1.33. The van der Waals surface area contributed by atoms with E-state index in [1.54, 1.807) is 24.8 Å². The average Bonchev–Trinajstić information content (AvgIpc) is 3.29. The van der Waals surface area contributed by atoms with E-state index in [2.05, 4.69) is 0 Å². The Morgan fingerprint density at radius 3 is 2.69 bits per heavy atom. The summed E-state index contributed by atoms with van der Waals surface area (Å²) in [7, 11) is 0. The summed E-state index contributed by atoms with van der Waals surface area (Å²) in [5.41, 5.74) is 0.411. The number of non-ortho nitro benzene ring substituents is 1. The predicted molar refractivity (Wildman–Crippen MR) is 94.2 cm³/mol. The highest BCUT2D eigenvalue weighted by atomic mass is 32.2. The van der Waals surface area contributed by atoms with E-state index in [0.717, 1.165) is 17.7 Å². The third-order valence-electron chi connectivity index (χ3n) is 4.57. The number of benzene rings is 1. The van der Waals surface area contributed by atoms with E-state index in [9.17, 15) is 24.8 Å². The largest absolute Gasteiger partial charge is 0.466 e.